The molecule has 8 rings (SSSR count). The average Bonchev–Trinajstić information content (AvgIpc) is 3.84. The van der Waals surface area contributed by atoms with Crippen LogP contribution < -0.4 is 19.9 Å². The van der Waals surface area contributed by atoms with Gasteiger partial charge in [-0.25, -0.2) is 0 Å². The minimum absolute atomic E-state index is 0. The molecule has 0 spiro atoms. The Hall–Kier alpha value is -4.35. The zero-order chi connectivity index (χ0) is 30.0. The summed E-state index contributed by atoms with van der Waals surface area (Å²) in [7, 11) is 0. The molecule has 0 unspecified atom stereocenters. The van der Waals surface area contributed by atoms with Crippen LogP contribution in [-0.2, 0) is 47.2 Å². The quantitative estimate of drug-likeness (QED) is 0.131. The molecule has 0 saturated heterocycles. The first kappa shape index (κ1) is 30.3. The van der Waals surface area contributed by atoms with Crippen LogP contribution in [0.3, 0.4) is 0 Å². The zero-order valence-corrected chi connectivity index (χ0v) is 27.8. The molecule has 0 aliphatic carbocycles. The van der Waals surface area contributed by atoms with Crippen LogP contribution in [0.15, 0.2) is 121 Å². The topological polar surface area (TPSA) is 62.9 Å². The van der Waals surface area contributed by atoms with Gasteiger partial charge in [-0.15, -0.1) is 44.8 Å². The smallest absolute Gasteiger partial charge is 0.00332 e. The van der Waals surface area contributed by atoms with Crippen molar-refractivity contribution in [2.75, 3.05) is 13.1 Å². The van der Waals surface area contributed by atoms with E-state index in [1.807, 2.05) is 0 Å². The maximum atomic E-state index is 4.94. The summed E-state index contributed by atoms with van der Waals surface area (Å²) in [6.45, 7) is 4.98. The third-order valence-corrected chi connectivity index (χ3v) is 8.58. The van der Waals surface area contributed by atoms with Crippen LogP contribution in [0.5, 0.6) is 0 Å². The summed E-state index contributed by atoms with van der Waals surface area (Å²) < 4.78 is 0. The monoisotopic (exact) mass is 781 g/mol. The van der Waals surface area contributed by atoms with Gasteiger partial charge in [0.15, 0.2) is 0 Å². The summed E-state index contributed by atoms with van der Waals surface area (Å²) in [5.74, 6) is 0. The van der Waals surface area contributed by atoms with Crippen molar-refractivity contribution < 1.29 is 21.1 Å². The van der Waals surface area contributed by atoms with Crippen molar-refractivity contribution in [2.45, 2.75) is 32.6 Å². The molecule has 0 radical (unpaired) electrons. The molecule has 0 bridgehead atoms. The summed E-state index contributed by atoms with van der Waals surface area (Å²) in [6, 6.07) is 42.4. The van der Waals surface area contributed by atoms with Gasteiger partial charge in [0.1, 0.15) is 0 Å². The molecule has 0 fully saturated rings. The molecule has 0 N–H and O–H groups in total. The van der Waals surface area contributed by atoms with Crippen molar-refractivity contribution >= 4 is 43.6 Å². The molecular weight excluding hydrogens is 748 g/mol. The number of nitrogens with zero attached hydrogens (tertiary/aromatic N) is 6. The van der Waals surface area contributed by atoms with Gasteiger partial charge in [-0.3, -0.25) is 9.80 Å². The van der Waals surface area contributed by atoms with E-state index < -0.39 is 0 Å². The molecule has 0 saturated carbocycles. The minimum atomic E-state index is 0. The predicted molar refractivity (Wildman–Crippen MR) is 182 cm³/mol. The van der Waals surface area contributed by atoms with Crippen molar-refractivity contribution in [3.63, 3.8) is 0 Å². The minimum Gasteiger partial charge on any atom is -0.660 e. The van der Waals surface area contributed by atoms with E-state index in [-0.39, 0.29) is 21.1 Å². The normalized spacial score (nSPS) is 11.9. The van der Waals surface area contributed by atoms with Crippen LogP contribution in [0.25, 0.3) is 43.6 Å². The Morgan fingerprint density at radius 3 is 0.891 bits per heavy atom. The van der Waals surface area contributed by atoms with Gasteiger partial charge < -0.3 is 19.9 Å². The van der Waals surface area contributed by atoms with Crippen molar-refractivity contribution in [1.29, 1.82) is 0 Å². The number of rotatable bonds is 12. The Bertz CT molecular complexity index is 1760. The Kier molecular flexibility index (Phi) is 8.93. The van der Waals surface area contributed by atoms with E-state index in [4.69, 9.17) is 19.9 Å². The third kappa shape index (κ3) is 6.75. The van der Waals surface area contributed by atoms with E-state index >= 15 is 0 Å². The zero-order valence-electron chi connectivity index (χ0n) is 25.5. The summed E-state index contributed by atoms with van der Waals surface area (Å²) in [6.07, 6.45) is 1.00. The van der Waals surface area contributed by atoms with Gasteiger partial charge in [0.05, 0.1) is 0 Å². The maximum Gasteiger partial charge on any atom is 0.00332 e. The van der Waals surface area contributed by atoms with Gasteiger partial charge in [0.2, 0.25) is 0 Å². The van der Waals surface area contributed by atoms with Crippen molar-refractivity contribution in [3.05, 3.63) is 144 Å². The molecule has 46 heavy (non-hydrogen) atoms. The first-order valence-corrected chi connectivity index (χ1v) is 15.7. The number of hydrogen-bond acceptors (Lipinski definition) is 2. The van der Waals surface area contributed by atoms with Crippen LogP contribution in [0.4, 0.5) is 0 Å². The summed E-state index contributed by atoms with van der Waals surface area (Å²) in [5, 5.41) is 4.78. The fraction of sp³-hybridized carbons (Fsp3) is 0.179. The van der Waals surface area contributed by atoms with Gasteiger partial charge >= 0.3 is 0 Å². The van der Waals surface area contributed by atoms with Gasteiger partial charge in [0, 0.05) is 47.2 Å². The Morgan fingerprint density at radius 2 is 0.630 bits per heavy atom. The molecule has 4 aromatic heterocycles. The molecule has 0 atom stereocenters. The Labute approximate surface area is 283 Å². The number of para-hydroxylation sites is 4. The van der Waals surface area contributed by atoms with Crippen LogP contribution in [-0.4, -0.2) is 22.9 Å². The fourth-order valence-corrected chi connectivity index (χ4v) is 6.50. The average molecular weight is 782 g/mol. The summed E-state index contributed by atoms with van der Waals surface area (Å²) in [4.78, 5) is 24.8. The SMILES string of the molecule is [Pt].c1ccc2[n-]c(CN(CCCN(Cc3cc4ccccc4[n-]3)Cc3cc4ccccc4[n-]3)Cc3cc4ccccc4[n-]3)cc2c1. The molecule has 7 heteroatoms. The van der Waals surface area contributed by atoms with Crippen LogP contribution in [0.2, 0.25) is 0 Å². The maximum absolute atomic E-state index is 4.94. The number of hydrogen-bond donors (Lipinski definition) is 0. The first-order valence-electron chi connectivity index (χ1n) is 15.7. The van der Waals surface area contributed by atoms with Crippen LogP contribution in [0, 0.1) is 0 Å². The van der Waals surface area contributed by atoms with Crippen molar-refractivity contribution in [3.8, 4) is 0 Å². The van der Waals surface area contributed by atoms with Gasteiger partial charge in [-0.2, -0.15) is 0 Å². The molecular formula is C39H34N6Pt-4. The number of fused-ring (bicyclic) bond motifs is 4. The standard InChI is InChI=1S/C39H34N6.Pt/c1-5-14-36-28(10-1)20-32(40-36)24-44(25-33-21-29-11-2-6-15-37(29)41-33)18-9-19-45(26-34-22-30-12-3-7-16-38(30)42-34)27-35-23-31-13-4-8-17-39(31)43-35;/h1-8,10-17,20-23H,9,18-19,24-27H2;/q-4;. The summed E-state index contributed by atoms with van der Waals surface area (Å²) in [5.41, 5.74) is 8.63. The number of aromatic nitrogens is 4. The van der Waals surface area contributed by atoms with Crippen molar-refractivity contribution in [2.24, 2.45) is 0 Å². The van der Waals surface area contributed by atoms with Gasteiger partial charge in [-0.1, -0.05) is 121 Å². The molecule has 6 nitrogen and oxygen atoms in total. The second-order valence-electron chi connectivity index (χ2n) is 12.0. The van der Waals surface area contributed by atoms with Crippen LogP contribution in [0.1, 0.15) is 29.2 Å². The molecule has 4 aromatic carbocycles. The first-order chi connectivity index (χ1) is 22.2. The predicted octanol–water partition coefficient (Wildman–Crippen LogP) is 7.22. The van der Waals surface area contributed by atoms with Gasteiger partial charge in [-0.05, 0) is 41.1 Å². The van der Waals surface area contributed by atoms with Gasteiger partial charge in [0.25, 0.3) is 0 Å². The van der Waals surface area contributed by atoms with E-state index in [9.17, 15) is 0 Å². The second-order valence-corrected chi connectivity index (χ2v) is 12.0. The van der Waals surface area contributed by atoms with E-state index in [0.29, 0.717) is 0 Å². The van der Waals surface area contributed by atoms with E-state index in [0.717, 1.165) is 90.5 Å². The second kappa shape index (κ2) is 13.6. The fourth-order valence-electron chi connectivity index (χ4n) is 6.50. The van der Waals surface area contributed by atoms with Crippen molar-refractivity contribution in [1.82, 2.24) is 29.7 Å². The summed E-state index contributed by atoms with van der Waals surface area (Å²) >= 11 is 0. The molecule has 4 heterocycles. The Morgan fingerprint density at radius 1 is 0.370 bits per heavy atom. The van der Waals surface area contributed by atoms with E-state index in [2.05, 4.69) is 131 Å². The number of benzene rings is 4. The molecule has 8 aromatic rings. The molecule has 0 aliphatic rings. The molecule has 234 valence electrons. The van der Waals surface area contributed by atoms with E-state index in [1.54, 1.807) is 0 Å². The molecule has 0 amide bonds. The Balaban J connectivity index is 0.00000338. The molecule has 0 aliphatic heterocycles. The third-order valence-electron chi connectivity index (χ3n) is 8.58. The van der Waals surface area contributed by atoms with E-state index in [1.165, 1.54) is 21.5 Å². The largest absolute Gasteiger partial charge is 0.660 e. The van der Waals surface area contributed by atoms with Crippen LogP contribution >= 0.6 is 0 Å².